The number of fused-ring (bicyclic) bond motifs is 2. The number of nitrogens with zero attached hydrogens (tertiary/aromatic N) is 5. The van der Waals surface area contributed by atoms with Crippen LogP contribution >= 0.6 is 0 Å². The fourth-order valence-corrected chi connectivity index (χ4v) is 7.61. The zero-order valence-corrected chi connectivity index (χ0v) is 25.2. The molecule has 0 radical (unpaired) electrons. The molecule has 42 heavy (non-hydrogen) atoms. The summed E-state index contributed by atoms with van der Waals surface area (Å²) in [5.41, 5.74) is 11.2. The number of rotatable bonds is 4. The van der Waals surface area contributed by atoms with E-state index in [4.69, 9.17) is 12.3 Å². The van der Waals surface area contributed by atoms with Crippen molar-refractivity contribution in [1.82, 2.24) is 14.7 Å². The van der Waals surface area contributed by atoms with Gasteiger partial charge in [-0.3, -0.25) is 4.79 Å². The first-order valence-corrected chi connectivity index (χ1v) is 15.7. The molecule has 1 unspecified atom stereocenters. The highest BCUT2D eigenvalue weighted by Gasteiger charge is 2.49. The summed E-state index contributed by atoms with van der Waals surface area (Å²) >= 11 is 0. The minimum Gasteiger partial charge on any atom is -0.382 e. The number of nitrogens with two attached hydrogens (primary N) is 1. The number of carbonyl (C=O) groups is 1. The molecule has 3 aromatic rings. The van der Waals surface area contributed by atoms with E-state index in [0.717, 1.165) is 56.4 Å². The molecule has 10 heteroatoms. The van der Waals surface area contributed by atoms with Crippen molar-refractivity contribution in [3.63, 3.8) is 0 Å². The average molecular weight is 584 g/mol. The lowest BCUT2D eigenvalue weighted by Gasteiger charge is -2.44. The Bertz CT molecular complexity index is 1600. The molecule has 2 aliphatic heterocycles. The van der Waals surface area contributed by atoms with Gasteiger partial charge in [-0.2, -0.15) is 0 Å². The Labute approximate surface area is 249 Å². The van der Waals surface area contributed by atoms with Crippen molar-refractivity contribution >= 4 is 39.9 Å². The predicted molar refractivity (Wildman–Crippen MR) is 167 cm³/mol. The third-order valence-corrected chi connectivity index (χ3v) is 10.5. The predicted octanol–water partition coefficient (Wildman–Crippen LogP) is 5.14. The molecule has 218 valence electrons. The van der Waals surface area contributed by atoms with E-state index in [9.17, 15) is 9.00 Å². The van der Waals surface area contributed by atoms with Gasteiger partial charge in [-0.25, -0.2) is 23.7 Å². The highest BCUT2D eigenvalue weighted by atomic mass is 32.2. The number of nitrogens with one attached hydrogen (secondary N) is 1. The molecular weight excluding hydrogens is 546 g/mol. The number of hydrogen-bond donors (Lipinski definition) is 2. The van der Waals surface area contributed by atoms with Crippen LogP contribution in [-0.4, -0.2) is 44.5 Å². The summed E-state index contributed by atoms with van der Waals surface area (Å²) in [7, 11) is -1.19. The van der Waals surface area contributed by atoms with E-state index in [-0.39, 0.29) is 33.6 Å². The number of nitrogen functional groups attached to an aromatic ring is 1. The van der Waals surface area contributed by atoms with E-state index >= 15 is 0 Å². The second-order valence-electron chi connectivity index (χ2n) is 12.6. The van der Waals surface area contributed by atoms with Crippen molar-refractivity contribution in [2.24, 2.45) is 5.41 Å². The van der Waals surface area contributed by atoms with Crippen molar-refractivity contribution in [2.75, 3.05) is 35.2 Å². The summed E-state index contributed by atoms with van der Waals surface area (Å²) in [6.07, 6.45) is 5.93. The van der Waals surface area contributed by atoms with Crippen LogP contribution in [0.1, 0.15) is 73.3 Å². The summed E-state index contributed by atoms with van der Waals surface area (Å²) in [5.74, 6) is 0.475. The second kappa shape index (κ2) is 10.8. The van der Waals surface area contributed by atoms with Gasteiger partial charge >= 0.3 is 0 Å². The van der Waals surface area contributed by atoms with Crippen LogP contribution in [0.25, 0.3) is 4.85 Å². The van der Waals surface area contributed by atoms with Gasteiger partial charge in [0.2, 0.25) is 0 Å². The number of benzene rings is 2. The summed E-state index contributed by atoms with van der Waals surface area (Å²) in [6, 6.07) is 14.0. The maximum Gasteiger partial charge on any atom is 0.280 e. The van der Waals surface area contributed by atoms with E-state index in [0.29, 0.717) is 18.1 Å². The molecular formula is C32H37N7O2S. The van der Waals surface area contributed by atoms with Gasteiger partial charge in [0.1, 0.15) is 5.82 Å². The molecule has 2 atom stereocenters. The number of piperidine rings is 1. The smallest absolute Gasteiger partial charge is 0.280 e. The molecule has 1 spiro atoms. The van der Waals surface area contributed by atoms with Gasteiger partial charge in [0, 0.05) is 25.3 Å². The molecule has 9 nitrogen and oxygen atoms in total. The highest BCUT2D eigenvalue weighted by molar-refractivity contribution is 7.84. The van der Waals surface area contributed by atoms with Gasteiger partial charge in [-0.05, 0) is 81.0 Å². The molecule has 1 saturated heterocycles. The molecule has 2 aromatic carbocycles. The van der Waals surface area contributed by atoms with Crippen LogP contribution in [-0.2, 0) is 23.8 Å². The van der Waals surface area contributed by atoms with Crippen LogP contribution in [0.3, 0.4) is 0 Å². The molecule has 3 aliphatic rings. The molecule has 1 aliphatic carbocycles. The Morgan fingerprint density at radius 3 is 2.62 bits per heavy atom. The van der Waals surface area contributed by atoms with Crippen LogP contribution in [0.15, 0.2) is 48.7 Å². The topological polar surface area (TPSA) is 109 Å². The minimum absolute atomic E-state index is 0.0165. The van der Waals surface area contributed by atoms with E-state index in [1.54, 1.807) is 17.2 Å². The van der Waals surface area contributed by atoms with E-state index in [1.165, 1.54) is 11.1 Å². The molecule has 0 bridgehead atoms. The van der Waals surface area contributed by atoms with Gasteiger partial charge in [-0.1, -0.05) is 36.4 Å². The van der Waals surface area contributed by atoms with E-state index in [2.05, 4.69) is 48.7 Å². The number of aromatic nitrogens is 2. The largest absolute Gasteiger partial charge is 0.382 e. The fraction of sp³-hybridized carbons (Fsp3) is 0.438. The Hall–Kier alpha value is -3.81. The molecule has 1 amide bonds. The Kier molecular flexibility index (Phi) is 7.27. The number of hydrogen-bond acceptors (Lipinski definition) is 6. The van der Waals surface area contributed by atoms with Gasteiger partial charge in [0.15, 0.2) is 17.2 Å². The second-order valence-corrected chi connectivity index (χ2v) is 14.6. The van der Waals surface area contributed by atoms with Crippen molar-refractivity contribution < 1.29 is 9.00 Å². The molecule has 1 fully saturated rings. The van der Waals surface area contributed by atoms with Gasteiger partial charge < -0.3 is 15.5 Å². The van der Waals surface area contributed by atoms with E-state index < -0.39 is 11.0 Å². The van der Waals surface area contributed by atoms with Crippen molar-refractivity contribution in [3.8, 4) is 0 Å². The zero-order chi connectivity index (χ0) is 29.6. The van der Waals surface area contributed by atoms with Crippen LogP contribution in [0.4, 0.5) is 23.0 Å². The molecule has 0 saturated carbocycles. The maximum atomic E-state index is 13.6. The summed E-state index contributed by atoms with van der Waals surface area (Å²) in [5, 5.41) is 0. The first-order chi connectivity index (χ1) is 20.1. The van der Waals surface area contributed by atoms with Crippen LogP contribution in [0, 0.1) is 12.0 Å². The quantitative estimate of drug-likeness (QED) is 0.412. The Balaban J connectivity index is 1.20. The standard InChI is InChI=1S/C32H37N7O2S/c1-31(2,3)42(41)37-28-22-10-6-5-9-21(22)19-32(28)14-17-38(18-15-32)26-20-35-27(29(33)36-26)30(40)39-16-8-11-23-24(34-4)12-7-13-25(23)39/h5-7,9-10,12-13,20,28,37H,8,11,14-19H2,1-3H3,(H2,33,36)/t28?,42-/m1/s1. The van der Waals surface area contributed by atoms with Crippen LogP contribution < -0.4 is 20.3 Å². The summed E-state index contributed by atoms with van der Waals surface area (Å²) in [4.78, 5) is 30.2. The lowest BCUT2D eigenvalue weighted by Crippen LogP contribution is -2.48. The molecule has 3 N–H and O–H groups in total. The third kappa shape index (κ3) is 4.95. The van der Waals surface area contributed by atoms with Crippen molar-refractivity contribution in [3.05, 3.63) is 82.5 Å². The third-order valence-electron chi connectivity index (χ3n) is 8.97. The molecule has 1 aromatic heterocycles. The van der Waals surface area contributed by atoms with Crippen molar-refractivity contribution in [1.29, 1.82) is 0 Å². The molecule has 6 rings (SSSR count). The first kappa shape index (κ1) is 28.3. The average Bonchev–Trinajstić information content (AvgIpc) is 3.28. The fourth-order valence-electron chi connectivity index (χ4n) is 6.67. The number of carbonyl (C=O) groups excluding carboxylic acids is 1. The van der Waals surface area contributed by atoms with Crippen LogP contribution in [0.2, 0.25) is 0 Å². The maximum absolute atomic E-state index is 13.6. The number of amides is 1. The Morgan fingerprint density at radius 1 is 1.14 bits per heavy atom. The lowest BCUT2D eigenvalue weighted by atomic mass is 9.73. The lowest BCUT2D eigenvalue weighted by molar-refractivity contribution is 0.0981. The van der Waals surface area contributed by atoms with Crippen molar-refractivity contribution in [2.45, 2.75) is 63.7 Å². The minimum atomic E-state index is -1.19. The van der Waals surface area contributed by atoms with Gasteiger partial charge in [-0.15, -0.1) is 0 Å². The highest BCUT2D eigenvalue weighted by Crippen LogP contribution is 2.52. The SMILES string of the molecule is [C-]#[N+]c1cccc2c1CCCN2C(=O)c1ncc(N2CCC3(CC2)Cc2ccccc2C3N[S@](=O)C(C)(C)C)nc1N. The van der Waals surface area contributed by atoms with E-state index in [1.807, 2.05) is 32.9 Å². The number of anilines is 3. The normalized spacial score (nSPS) is 20.1. The van der Waals surface area contributed by atoms with Crippen LogP contribution in [0.5, 0.6) is 0 Å². The Morgan fingerprint density at radius 2 is 1.90 bits per heavy atom. The first-order valence-electron chi connectivity index (χ1n) is 14.6. The zero-order valence-electron chi connectivity index (χ0n) is 24.4. The monoisotopic (exact) mass is 583 g/mol. The van der Waals surface area contributed by atoms with Gasteiger partial charge in [0.25, 0.3) is 5.91 Å². The summed E-state index contributed by atoms with van der Waals surface area (Å²) < 4.78 is 16.3. The summed E-state index contributed by atoms with van der Waals surface area (Å²) in [6.45, 7) is 15.5. The van der Waals surface area contributed by atoms with Gasteiger partial charge in [0.05, 0.1) is 34.5 Å². The molecule has 3 heterocycles.